The molecule has 4 N–H and O–H groups in total. The second-order valence-corrected chi connectivity index (χ2v) is 6.66. The van der Waals surface area contributed by atoms with Crippen molar-refractivity contribution in [1.29, 1.82) is 0 Å². The zero-order valence-corrected chi connectivity index (χ0v) is 15.6. The number of rotatable bonds is 7. The normalized spacial score (nSPS) is 21.8. The van der Waals surface area contributed by atoms with Gasteiger partial charge in [0.05, 0.1) is 25.2 Å². The molecular formula is C19H26N4O4. The standard InChI is InChI=1S/C19H26N4O4/c1-12-15(23-11-22-12)7-8-20-19(25)27-18-16(21-10-17(18)24)9-13-3-5-14(26-2)6-4-13/h3-6,11,16-18,21,24H,7-10H2,1-2H3,(H,20,25)(H,22,23)/t16-,17+,18+/m1/s1. The Kier molecular flexibility index (Phi) is 6.31. The molecule has 2 aromatic rings. The van der Waals surface area contributed by atoms with Crippen LogP contribution in [0.3, 0.4) is 0 Å². The fourth-order valence-corrected chi connectivity index (χ4v) is 3.22. The Morgan fingerprint density at radius 1 is 1.37 bits per heavy atom. The van der Waals surface area contributed by atoms with Crippen molar-refractivity contribution >= 4 is 6.09 Å². The van der Waals surface area contributed by atoms with E-state index in [0.717, 1.165) is 22.7 Å². The summed E-state index contributed by atoms with van der Waals surface area (Å²) < 4.78 is 10.6. The molecule has 1 fully saturated rings. The van der Waals surface area contributed by atoms with Crippen LogP contribution in [0.25, 0.3) is 0 Å². The van der Waals surface area contributed by atoms with Crippen molar-refractivity contribution in [1.82, 2.24) is 20.6 Å². The van der Waals surface area contributed by atoms with Crippen LogP contribution in [0, 0.1) is 6.92 Å². The number of aliphatic hydroxyl groups excluding tert-OH is 1. The van der Waals surface area contributed by atoms with Gasteiger partial charge in [-0.2, -0.15) is 0 Å². The number of nitrogens with one attached hydrogen (secondary N) is 3. The third-order valence-electron chi connectivity index (χ3n) is 4.79. The SMILES string of the molecule is COc1ccc(C[C@H]2NC[C@H](O)[C@H]2OC(=O)NCCc2nc[nH]c2C)cc1. The Bertz CT molecular complexity index is 746. The molecule has 1 saturated heterocycles. The number of carbonyl (C=O) groups excluding carboxylic acids is 1. The highest BCUT2D eigenvalue weighted by molar-refractivity contribution is 5.67. The molecule has 8 nitrogen and oxygen atoms in total. The topological polar surface area (TPSA) is 108 Å². The van der Waals surface area contributed by atoms with Crippen molar-refractivity contribution in [3.05, 3.63) is 47.5 Å². The molecule has 0 radical (unpaired) electrons. The molecule has 27 heavy (non-hydrogen) atoms. The number of benzene rings is 1. The molecule has 2 heterocycles. The molecule has 0 aliphatic carbocycles. The molecule has 1 aromatic heterocycles. The maximum absolute atomic E-state index is 12.1. The molecule has 1 amide bonds. The van der Waals surface area contributed by atoms with Crippen molar-refractivity contribution in [2.24, 2.45) is 0 Å². The first-order chi connectivity index (χ1) is 13.1. The number of aliphatic hydroxyl groups is 1. The van der Waals surface area contributed by atoms with E-state index in [1.807, 2.05) is 31.2 Å². The quantitative estimate of drug-likeness (QED) is 0.574. The number of aromatic nitrogens is 2. The van der Waals surface area contributed by atoms with E-state index in [1.54, 1.807) is 13.4 Å². The molecule has 3 rings (SSSR count). The third-order valence-corrected chi connectivity index (χ3v) is 4.79. The fraction of sp³-hybridized carbons (Fsp3) is 0.474. The van der Waals surface area contributed by atoms with Crippen LogP contribution in [-0.4, -0.2) is 59.6 Å². The highest BCUT2D eigenvalue weighted by atomic mass is 16.6. The van der Waals surface area contributed by atoms with Gasteiger partial charge in [0.2, 0.25) is 0 Å². The number of alkyl carbamates (subject to hydrolysis) is 1. The summed E-state index contributed by atoms with van der Waals surface area (Å²) in [5, 5.41) is 16.1. The van der Waals surface area contributed by atoms with Gasteiger partial charge in [-0.05, 0) is 31.0 Å². The minimum Gasteiger partial charge on any atom is -0.497 e. The number of aromatic amines is 1. The molecular weight excluding hydrogens is 348 g/mol. The average Bonchev–Trinajstić information content (AvgIpc) is 3.22. The number of β-amino-alcohol motifs (C(OH)–C–C–N with tert-alkyl or cyclic N) is 1. The lowest BCUT2D eigenvalue weighted by atomic mass is 10.0. The van der Waals surface area contributed by atoms with Gasteiger partial charge in [-0.25, -0.2) is 9.78 Å². The zero-order chi connectivity index (χ0) is 19.2. The van der Waals surface area contributed by atoms with Crippen molar-refractivity contribution in [3.8, 4) is 5.75 Å². The van der Waals surface area contributed by atoms with Gasteiger partial charge in [-0.15, -0.1) is 0 Å². The predicted octanol–water partition coefficient (Wildman–Crippen LogP) is 0.939. The molecule has 0 bridgehead atoms. The Balaban J connectivity index is 1.50. The van der Waals surface area contributed by atoms with Gasteiger partial charge in [0.25, 0.3) is 0 Å². The Hall–Kier alpha value is -2.58. The lowest BCUT2D eigenvalue weighted by molar-refractivity contribution is 0.0191. The lowest BCUT2D eigenvalue weighted by Crippen LogP contribution is -2.41. The van der Waals surface area contributed by atoms with Crippen LogP contribution in [0.4, 0.5) is 4.79 Å². The number of H-pyrrole nitrogens is 1. The Labute approximate surface area is 158 Å². The number of amides is 1. The van der Waals surface area contributed by atoms with Gasteiger partial charge >= 0.3 is 6.09 Å². The molecule has 0 spiro atoms. The van der Waals surface area contributed by atoms with E-state index in [1.165, 1.54) is 0 Å². The van der Waals surface area contributed by atoms with Crippen LogP contribution < -0.4 is 15.4 Å². The van der Waals surface area contributed by atoms with E-state index < -0.39 is 18.3 Å². The van der Waals surface area contributed by atoms with Crippen LogP contribution in [0.15, 0.2) is 30.6 Å². The smallest absolute Gasteiger partial charge is 0.407 e. The van der Waals surface area contributed by atoms with Crippen LogP contribution in [-0.2, 0) is 17.6 Å². The van der Waals surface area contributed by atoms with E-state index in [0.29, 0.717) is 25.9 Å². The number of methoxy groups -OCH3 is 1. The number of ether oxygens (including phenoxy) is 2. The van der Waals surface area contributed by atoms with E-state index in [4.69, 9.17) is 9.47 Å². The summed E-state index contributed by atoms with van der Waals surface area (Å²) in [4.78, 5) is 19.3. The first-order valence-corrected chi connectivity index (χ1v) is 9.04. The number of hydrogen-bond acceptors (Lipinski definition) is 6. The van der Waals surface area contributed by atoms with E-state index in [-0.39, 0.29) is 6.04 Å². The number of hydrogen-bond donors (Lipinski definition) is 4. The maximum Gasteiger partial charge on any atom is 0.407 e. The number of aryl methyl sites for hydroxylation is 1. The van der Waals surface area contributed by atoms with Gasteiger partial charge in [0.1, 0.15) is 18.0 Å². The van der Waals surface area contributed by atoms with Gasteiger partial charge in [0, 0.05) is 25.2 Å². The minimum absolute atomic E-state index is 0.146. The molecule has 1 aromatic carbocycles. The van der Waals surface area contributed by atoms with E-state index >= 15 is 0 Å². The zero-order valence-electron chi connectivity index (χ0n) is 15.6. The van der Waals surface area contributed by atoms with Gasteiger partial charge in [-0.1, -0.05) is 12.1 Å². The fourth-order valence-electron chi connectivity index (χ4n) is 3.22. The van der Waals surface area contributed by atoms with Crippen molar-refractivity contribution in [3.63, 3.8) is 0 Å². The van der Waals surface area contributed by atoms with Crippen LogP contribution in [0.2, 0.25) is 0 Å². The Morgan fingerprint density at radius 3 is 2.81 bits per heavy atom. The predicted molar refractivity (Wildman–Crippen MR) is 99.8 cm³/mol. The van der Waals surface area contributed by atoms with E-state index in [9.17, 15) is 9.90 Å². The summed E-state index contributed by atoms with van der Waals surface area (Å²) in [6.07, 6.45) is 1.03. The first-order valence-electron chi connectivity index (χ1n) is 9.04. The molecule has 0 saturated carbocycles. The lowest BCUT2D eigenvalue weighted by Gasteiger charge is -2.22. The second-order valence-electron chi connectivity index (χ2n) is 6.66. The van der Waals surface area contributed by atoms with Crippen LogP contribution in [0.1, 0.15) is 17.0 Å². The second kappa shape index (κ2) is 8.88. The number of imidazole rings is 1. The minimum atomic E-state index is -0.729. The maximum atomic E-state index is 12.1. The summed E-state index contributed by atoms with van der Waals surface area (Å²) in [5.41, 5.74) is 2.97. The summed E-state index contributed by atoms with van der Waals surface area (Å²) in [5.74, 6) is 0.789. The van der Waals surface area contributed by atoms with Crippen molar-refractivity contribution in [2.75, 3.05) is 20.2 Å². The number of nitrogens with zero attached hydrogens (tertiary/aromatic N) is 1. The van der Waals surface area contributed by atoms with Crippen molar-refractivity contribution in [2.45, 2.75) is 38.0 Å². The monoisotopic (exact) mass is 374 g/mol. The van der Waals surface area contributed by atoms with Gasteiger partial charge in [0.15, 0.2) is 0 Å². The molecule has 146 valence electrons. The van der Waals surface area contributed by atoms with Crippen molar-refractivity contribution < 1.29 is 19.4 Å². The van der Waals surface area contributed by atoms with Gasteiger partial charge in [-0.3, -0.25) is 0 Å². The first kappa shape index (κ1) is 19.2. The summed E-state index contributed by atoms with van der Waals surface area (Å²) in [7, 11) is 1.62. The molecule has 8 heteroatoms. The molecule has 3 atom stereocenters. The molecule has 1 aliphatic rings. The summed E-state index contributed by atoms with van der Waals surface area (Å²) >= 11 is 0. The number of carbonyl (C=O) groups is 1. The molecule has 0 unspecified atom stereocenters. The largest absolute Gasteiger partial charge is 0.497 e. The average molecular weight is 374 g/mol. The van der Waals surface area contributed by atoms with Crippen LogP contribution in [0.5, 0.6) is 5.75 Å². The Morgan fingerprint density at radius 2 is 2.15 bits per heavy atom. The molecule has 1 aliphatic heterocycles. The highest BCUT2D eigenvalue weighted by Gasteiger charge is 2.37. The highest BCUT2D eigenvalue weighted by Crippen LogP contribution is 2.19. The van der Waals surface area contributed by atoms with E-state index in [2.05, 4.69) is 20.6 Å². The van der Waals surface area contributed by atoms with Gasteiger partial charge < -0.3 is 30.2 Å². The third kappa shape index (κ3) is 4.99. The van der Waals surface area contributed by atoms with Crippen LogP contribution >= 0.6 is 0 Å². The summed E-state index contributed by atoms with van der Waals surface area (Å²) in [6, 6.07) is 7.57. The summed E-state index contributed by atoms with van der Waals surface area (Å²) in [6.45, 7) is 2.75.